The van der Waals surface area contributed by atoms with Gasteiger partial charge in [0.2, 0.25) is 0 Å². The summed E-state index contributed by atoms with van der Waals surface area (Å²) in [4.78, 5) is 18.5. The molecule has 6 nitrogen and oxygen atoms in total. The van der Waals surface area contributed by atoms with Crippen LogP contribution in [0.4, 0.5) is 14.9 Å². The van der Waals surface area contributed by atoms with Crippen LogP contribution in [-0.2, 0) is 4.74 Å². The lowest BCUT2D eigenvalue weighted by molar-refractivity contribution is 0.0593. The minimum Gasteiger partial charge on any atom is -0.443 e. The van der Waals surface area contributed by atoms with E-state index in [0.29, 0.717) is 34.5 Å². The maximum atomic E-state index is 13.9. The van der Waals surface area contributed by atoms with Gasteiger partial charge in [0.15, 0.2) is 10.8 Å². The molecule has 0 fully saturated rings. The van der Waals surface area contributed by atoms with Gasteiger partial charge in [0.1, 0.15) is 21.7 Å². The fourth-order valence-electron chi connectivity index (χ4n) is 2.52. The Morgan fingerprint density at radius 3 is 2.85 bits per heavy atom. The number of aromatic nitrogens is 3. The monoisotopic (exact) mass is 442 g/mol. The molecular weight excluding hydrogens is 427 g/mol. The van der Waals surface area contributed by atoms with Crippen LogP contribution >= 0.6 is 27.5 Å². The van der Waals surface area contributed by atoms with Gasteiger partial charge in [-0.3, -0.25) is 0 Å². The summed E-state index contributed by atoms with van der Waals surface area (Å²) >= 11 is 9.47. The molecule has 0 aromatic carbocycles. The summed E-state index contributed by atoms with van der Waals surface area (Å²) in [5, 5.41) is 4.31. The number of fused-ring (bicyclic) bond motifs is 1. The topological polar surface area (TPSA) is 59.7 Å². The van der Waals surface area contributed by atoms with Gasteiger partial charge in [0.05, 0.1) is 11.9 Å². The summed E-state index contributed by atoms with van der Waals surface area (Å²) < 4.78 is 21.4. The van der Waals surface area contributed by atoms with Crippen LogP contribution in [0, 0.1) is 0 Å². The van der Waals surface area contributed by atoms with E-state index < -0.39 is 11.7 Å². The van der Waals surface area contributed by atoms with Crippen LogP contribution in [0.15, 0.2) is 40.5 Å². The zero-order valence-electron chi connectivity index (χ0n) is 14.5. The van der Waals surface area contributed by atoms with Gasteiger partial charge in [0, 0.05) is 12.5 Å². The minimum absolute atomic E-state index is 0.153. The number of hydrogen-bond donors (Lipinski definition) is 0. The molecule has 0 unspecified atom stereocenters. The molecule has 0 N–H and O–H groups in total. The van der Waals surface area contributed by atoms with Crippen molar-refractivity contribution in [2.24, 2.45) is 0 Å². The zero-order chi connectivity index (χ0) is 19.1. The molecule has 3 rings (SSSR count). The number of carbonyl (C=O) groups excluding carboxylic acids is 1. The van der Waals surface area contributed by atoms with Crippen molar-refractivity contribution < 1.29 is 13.9 Å². The Balaban J connectivity index is 2.18. The fraction of sp³-hybridized carbons (Fsp3) is 0.353. The van der Waals surface area contributed by atoms with E-state index in [1.807, 2.05) is 0 Å². The van der Waals surface area contributed by atoms with Crippen LogP contribution < -0.4 is 4.90 Å². The molecule has 0 aliphatic heterocycles. The van der Waals surface area contributed by atoms with Crippen molar-refractivity contribution in [1.82, 2.24) is 14.6 Å². The molecule has 1 aliphatic carbocycles. The van der Waals surface area contributed by atoms with Crippen molar-refractivity contribution in [2.45, 2.75) is 39.2 Å². The Kier molecular flexibility index (Phi) is 5.07. The maximum Gasteiger partial charge on any atom is 0.419 e. The molecule has 1 amide bonds. The van der Waals surface area contributed by atoms with Crippen molar-refractivity contribution in [3.05, 3.63) is 45.7 Å². The normalized spacial score (nSPS) is 14.8. The van der Waals surface area contributed by atoms with Gasteiger partial charge in [-0.05, 0) is 49.2 Å². The van der Waals surface area contributed by atoms with Crippen LogP contribution in [0.5, 0.6) is 0 Å². The third-order valence-electron chi connectivity index (χ3n) is 3.49. The summed E-state index contributed by atoms with van der Waals surface area (Å²) in [6.07, 6.45) is 4.75. The summed E-state index contributed by atoms with van der Waals surface area (Å²) in [6.45, 7) is 5.28. The fourth-order valence-corrected chi connectivity index (χ4v) is 3.05. The minimum atomic E-state index is -0.726. The van der Waals surface area contributed by atoms with Gasteiger partial charge in [-0.15, -0.1) is 0 Å². The van der Waals surface area contributed by atoms with E-state index in [0.717, 1.165) is 0 Å². The van der Waals surface area contributed by atoms with Crippen molar-refractivity contribution in [3.63, 3.8) is 0 Å². The van der Waals surface area contributed by atoms with E-state index in [1.165, 1.54) is 21.6 Å². The summed E-state index contributed by atoms with van der Waals surface area (Å²) in [6, 6.07) is 1.50. The third-order valence-corrected chi connectivity index (χ3v) is 4.22. The van der Waals surface area contributed by atoms with Gasteiger partial charge in [-0.2, -0.15) is 5.10 Å². The lowest BCUT2D eigenvalue weighted by Gasteiger charge is -2.29. The predicted octanol–water partition coefficient (Wildman–Crippen LogP) is 5.42. The first-order valence-electron chi connectivity index (χ1n) is 7.95. The van der Waals surface area contributed by atoms with E-state index in [4.69, 9.17) is 16.3 Å². The molecule has 0 spiro atoms. The Labute approximate surface area is 163 Å². The van der Waals surface area contributed by atoms with E-state index in [2.05, 4.69) is 26.0 Å². The van der Waals surface area contributed by atoms with Gasteiger partial charge in [-0.25, -0.2) is 23.6 Å². The van der Waals surface area contributed by atoms with Crippen molar-refractivity contribution in [3.8, 4) is 0 Å². The number of hydrogen-bond acceptors (Lipinski definition) is 4. The second kappa shape index (κ2) is 7.00. The lowest BCUT2D eigenvalue weighted by atomic mass is 10.1. The molecule has 0 bridgehead atoms. The molecule has 2 aromatic rings. The molecular formula is C17H17BrClFN4O2. The van der Waals surface area contributed by atoms with Gasteiger partial charge >= 0.3 is 6.09 Å². The number of imidazole rings is 1. The van der Waals surface area contributed by atoms with E-state index >= 15 is 0 Å². The number of ether oxygens (including phenoxy) is 1. The summed E-state index contributed by atoms with van der Waals surface area (Å²) in [7, 11) is 0. The van der Waals surface area contributed by atoms with Crippen LogP contribution in [0.25, 0.3) is 5.65 Å². The quantitative estimate of drug-likeness (QED) is 0.622. The number of anilines is 1. The highest BCUT2D eigenvalue weighted by Gasteiger charge is 2.29. The highest BCUT2D eigenvalue weighted by molar-refractivity contribution is 9.10. The SMILES string of the molecule is CC(C)(C)OC(=O)N(C1=CCCC(F)=C1)c1cc(Cl)nn2c(Br)cnc12. The van der Waals surface area contributed by atoms with Crippen molar-refractivity contribution in [2.75, 3.05) is 4.90 Å². The van der Waals surface area contributed by atoms with Gasteiger partial charge in [0.25, 0.3) is 0 Å². The van der Waals surface area contributed by atoms with E-state index in [1.54, 1.807) is 33.0 Å². The average Bonchev–Trinajstić information content (AvgIpc) is 2.87. The molecule has 9 heteroatoms. The van der Waals surface area contributed by atoms with Gasteiger partial charge in [-0.1, -0.05) is 17.7 Å². The number of amides is 1. The summed E-state index contributed by atoms with van der Waals surface area (Å²) in [5.41, 5.74) is 0.372. The highest BCUT2D eigenvalue weighted by atomic mass is 79.9. The van der Waals surface area contributed by atoms with Crippen molar-refractivity contribution in [1.29, 1.82) is 0 Å². The first-order valence-corrected chi connectivity index (χ1v) is 9.12. The molecule has 0 saturated heterocycles. The van der Waals surface area contributed by atoms with Crippen LogP contribution in [0.1, 0.15) is 33.6 Å². The molecule has 138 valence electrons. The molecule has 0 atom stereocenters. The van der Waals surface area contributed by atoms with E-state index in [9.17, 15) is 9.18 Å². The number of rotatable bonds is 2. The third kappa shape index (κ3) is 3.91. The smallest absolute Gasteiger partial charge is 0.419 e. The standard InChI is InChI=1S/C17H17BrClFN4O2/c1-17(2,3)26-16(25)23(11-6-4-5-10(20)7-11)12-8-14(19)22-24-13(18)9-21-15(12)24/h6-9H,4-5H2,1-3H3. The average molecular weight is 444 g/mol. The van der Waals surface area contributed by atoms with Crippen LogP contribution in [0.2, 0.25) is 5.15 Å². The van der Waals surface area contributed by atoms with Gasteiger partial charge < -0.3 is 4.74 Å². The molecule has 2 aromatic heterocycles. The second-order valence-corrected chi connectivity index (χ2v) is 7.94. The molecule has 1 aliphatic rings. The maximum absolute atomic E-state index is 13.9. The Hall–Kier alpha value is -1.93. The molecule has 0 radical (unpaired) electrons. The molecule has 2 heterocycles. The van der Waals surface area contributed by atoms with Crippen LogP contribution in [0.3, 0.4) is 0 Å². The second-order valence-electron chi connectivity index (χ2n) is 6.74. The first kappa shape index (κ1) is 18.8. The molecule has 26 heavy (non-hydrogen) atoms. The van der Waals surface area contributed by atoms with Crippen molar-refractivity contribution >= 4 is 45.0 Å². The summed E-state index contributed by atoms with van der Waals surface area (Å²) in [5.74, 6) is -0.309. The number of allylic oxidation sites excluding steroid dienone is 3. The lowest BCUT2D eigenvalue weighted by Crippen LogP contribution is -2.36. The predicted molar refractivity (Wildman–Crippen MR) is 101 cm³/mol. The highest BCUT2D eigenvalue weighted by Crippen LogP contribution is 2.32. The largest absolute Gasteiger partial charge is 0.443 e. The Morgan fingerprint density at radius 2 is 2.19 bits per heavy atom. The van der Waals surface area contributed by atoms with Crippen LogP contribution in [-0.4, -0.2) is 26.3 Å². The molecule has 0 saturated carbocycles. The number of nitrogens with zero attached hydrogens (tertiary/aromatic N) is 4. The number of carbonyl (C=O) groups is 1. The first-order chi connectivity index (χ1) is 12.2. The number of halogens is 3. The zero-order valence-corrected chi connectivity index (χ0v) is 16.8. The Morgan fingerprint density at radius 1 is 1.46 bits per heavy atom. The Bertz CT molecular complexity index is 933. The van der Waals surface area contributed by atoms with E-state index in [-0.39, 0.29) is 11.0 Å².